The fraction of sp³-hybridized carbons (Fsp3) is 0. The summed E-state index contributed by atoms with van der Waals surface area (Å²) in [4.78, 5) is 0. The molecule has 0 unspecified atom stereocenters. The van der Waals surface area contributed by atoms with E-state index in [0.717, 1.165) is 3.94 Å². The van der Waals surface area contributed by atoms with Gasteiger partial charge in [-0.05, 0) is 48.1 Å². The first kappa shape index (κ1) is 17.1. The monoisotopic (exact) mass is 365 g/mol. The van der Waals surface area contributed by atoms with E-state index in [1.807, 2.05) is 30.3 Å². The van der Waals surface area contributed by atoms with E-state index in [9.17, 15) is 0 Å². The Balaban J connectivity index is 2.20. The first-order chi connectivity index (χ1) is 11.7. The highest BCUT2D eigenvalue weighted by Gasteiger charge is 2.44. The molecule has 3 rings (SSSR count). The molecule has 0 spiro atoms. The highest BCUT2D eigenvalue weighted by atomic mass is 32.1. The van der Waals surface area contributed by atoms with Gasteiger partial charge >= 0.3 is 0 Å². The molecule has 3 aromatic carbocycles. The van der Waals surface area contributed by atoms with Crippen LogP contribution in [0.5, 0.6) is 0 Å². The summed E-state index contributed by atoms with van der Waals surface area (Å²) >= 11 is 10.3. The summed E-state index contributed by atoms with van der Waals surface area (Å²) in [6.07, 6.45) is 2.16. The molecule has 0 aliphatic rings. The minimum absolute atomic E-state index is 0.743. The van der Waals surface area contributed by atoms with E-state index in [0.29, 0.717) is 0 Å². The SMILES string of the molecule is S=C(S)[P+](/C=C/c1ccccc1)(c1ccccc1)c1ccccc1. The smallest absolute Gasteiger partial charge is 0.0927 e. The van der Waals surface area contributed by atoms with E-state index < -0.39 is 7.26 Å². The van der Waals surface area contributed by atoms with Gasteiger partial charge in [0.2, 0.25) is 3.94 Å². The van der Waals surface area contributed by atoms with E-state index >= 15 is 0 Å². The third-order valence-corrected chi connectivity index (χ3v) is 9.15. The van der Waals surface area contributed by atoms with Crippen molar-refractivity contribution in [3.05, 3.63) is 102 Å². The molecule has 0 nitrogen and oxygen atoms in total. The zero-order chi connectivity index (χ0) is 16.8. The number of thiol groups is 1. The summed E-state index contributed by atoms with van der Waals surface area (Å²) in [6.45, 7) is 0. The largest absolute Gasteiger partial charge is 0.201 e. The molecule has 0 aliphatic heterocycles. The highest BCUT2D eigenvalue weighted by Crippen LogP contribution is 2.60. The molecule has 24 heavy (non-hydrogen) atoms. The van der Waals surface area contributed by atoms with Crippen molar-refractivity contribution in [1.82, 2.24) is 0 Å². The van der Waals surface area contributed by atoms with Crippen LogP contribution >= 0.6 is 32.1 Å². The molecule has 0 bridgehead atoms. The molecule has 118 valence electrons. The van der Waals surface area contributed by atoms with Crippen LogP contribution in [0.1, 0.15) is 5.56 Å². The van der Waals surface area contributed by atoms with E-state index in [2.05, 4.69) is 85.2 Å². The van der Waals surface area contributed by atoms with Crippen molar-refractivity contribution >= 4 is 52.7 Å². The number of hydrogen-bond donors (Lipinski definition) is 1. The number of thiocarbonyl (C=S) groups is 1. The van der Waals surface area contributed by atoms with Crippen LogP contribution < -0.4 is 10.6 Å². The molecule has 0 saturated heterocycles. The van der Waals surface area contributed by atoms with E-state index in [1.54, 1.807) is 0 Å². The molecule has 0 radical (unpaired) electrons. The fourth-order valence-corrected chi connectivity index (χ4v) is 7.29. The normalized spacial score (nSPS) is 11.5. The highest BCUT2D eigenvalue weighted by molar-refractivity contribution is 8.36. The molecule has 0 aliphatic carbocycles. The van der Waals surface area contributed by atoms with Crippen LogP contribution in [0.3, 0.4) is 0 Å². The van der Waals surface area contributed by atoms with Crippen molar-refractivity contribution in [3.8, 4) is 0 Å². The first-order valence-electron chi connectivity index (χ1n) is 7.71. The van der Waals surface area contributed by atoms with Gasteiger partial charge < -0.3 is 0 Å². The van der Waals surface area contributed by atoms with Crippen LogP contribution in [0, 0.1) is 0 Å². The Bertz CT molecular complexity index is 788. The molecule has 0 atom stereocenters. The summed E-state index contributed by atoms with van der Waals surface area (Å²) < 4.78 is 0.743. The lowest BCUT2D eigenvalue weighted by molar-refractivity contribution is 1.66. The van der Waals surface area contributed by atoms with Gasteiger partial charge in [0.15, 0.2) is 7.26 Å². The molecule has 0 aromatic heterocycles. The fourth-order valence-electron chi connectivity index (χ4n) is 2.69. The first-order valence-corrected chi connectivity index (χ1v) is 10.4. The van der Waals surface area contributed by atoms with Gasteiger partial charge in [0, 0.05) is 0 Å². The minimum atomic E-state index is -2.02. The standard InChI is InChI=1S/C21H17PS2/c23-21(24)22(19-12-6-2-7-13-19,20-14-8-3-9-15-20)17-16-18-10-4-1-5-11-18/h1-17H/p+1/b17-16+. The summed E-state index contributed by atoms with van der Waals surface area (Å²) in [7, 11) is -2.02. The molecule has 0 heterocycles. The molecule has 0 saturated carbocycles. The number of benzene rings is 3. The lowest BCUT2D eigenvalue weighted by Gasteiger charge is -2.21. The molecule has 3 aromatic rings. The van der Waals surface area contributed by atoms with Gasteiger partial charge in [-0.3, -0.25) is 0 Å². The second-order valence-electron chi connectivity index (χ2n) is 5.40. The average molecular weight is 365 g/mol. The van der Waals surface area contributed by atoms with Gasteiger partial charge in [-0.25, -0.2) is 0 Å². The summed E-state index contributed by atoms with van der Waals surface area (Å²) in [5, 5.41) is 2.45. The van der Waals surface area contributed by atoms with Gasteiger partial charge in [-0.2, -0.15) is 0 Å². The zero-order valence-electron chi connectivity index (χ0n) is 13.1. The minimum Gasteiger partial charge on any atom is -0.0927 e. The Morgan fingerprint density at radius 2 is 1.12 bits per heavy atom. The maximum Gasteiger partial charge on any atom is 0.201 e. The molecule has 0 fully saturated rings. The van der Waals surface area contributed by atoms with Gasteiger partial charge in [0.25, 0.3) is 0 Å². The van der Waals surface area contributed by atoms with Crippen molar-refractivity contribution in [2.45, 2.75) is 0 Å². The van der Waals surface area contributed by atoms with Crippen LogP contribution in [0.4, 0.5) is 0 Å². The lowest BCUT2D eigenvalue weighted by atomic mass is 10.2. The van der Waals surface area contributed by atoms with E-state index in [-0.39, 0.29) is 0 Å². The summed E-state index contributed by atoms with van der Waals surface area (Å²) in [5.41, 5.74) is 1.17. The lowest BCUT2D eigenvalue weighted by Crippen LogP contribution is -2.23. The second kappa shape index (κ2) is 7.90. The molecular formula is C21H18PS2+. The van der Waals surface area contributed by atoms with Crippen molar-refractivity contribution in [2.75, 3.05) is 0 Å². The molecule has 0 amide bonds. The Labute approximate surface area is 155 Å². The third-order valence-electron chi connectivity index (χ3n) is 3.92. The van der Waals surface area contributed by atoms with E-state index in [4.69, 9.17) is 12.2 Å². The molecular weight excluding hydrogens is 347 g/mol. The Hall–Kier alpha value is -1.73. The quantitative estimate of drug-likeness (QED) is 0.352. The molecule has 3 heteroatoms. The van der Waals surface area contributed by atoms with Crippen molar-refractivity contribution < 1.29 is 0 Å². The predicted molar refractivity (Wildman–Crippen MR) is 116 cm³/mol. The topological polar surface area (TPSA) is 0 Å². The maximum atomic E-state index is 5.67. The maximum absolute atomic E-state index is 5.67. The van der Waals surface area contributed by atoms with Gasteiger partial charge in [-0.15, -0.1) is 0 Å². The van der Waals surface area contributed by atoms with Crippen molar-refractivity contribution in [3.63, 3.8) is 0 Å². The van der Waals surface area contributed by atoms with Crippen LogP contribution in [-0.2, 0) is 0 Å². The third kappa shape index (κ3) is 3.52. The predicted octanol–water partition coefficient (Wildman–Crippen LogP) is 5.54. The Morgan fingerprint density at radius 3 is 1.54 bits per heavy atom. The summed E-state index contributed by atoms with van der Waals surface area (Å²) in [5.74, 6) is 2.27. The number of rotatable bonds is 5. The Morgan fingerprint density at radius 1 is 0.708 bits per heavy atom. The molecule has 0 N–H and O–H groups in total. The number of hydrogen-bond acceptors (Lipinski definition) is 1. The van der Waals surface area contributed by atoms with Crippen LogP contribution in [0.15, 0.2) is 96.8 Å². The van der Waals surface area contributed by atoms with Gasteiger partial charge in [0.05, 0.1) is 5.82 Å². The van der Waals surface area contributed by atoms with Crippen LogP contribution in [0.2, 0.25) is 0 Å². The van der Waals surface area contributed by atoms with E-state index in [1.165, 1.54) is 16.2 Å². The van der Waals surface area contributed by atoms with Crippen molar-refractivity contribution in [2.24, 2.45) is 0 Å². The van der Waals surface area contributed by atoms with Crippen molar-refractivity contribution in [1.29, 1.82) is 0 Å². The van der Waals surface area contributed by atoms with Crippen LogP contribution in [-0.4, -0.2) is 3.94 Å². The van der Waals surface area contributed by atoms with Gasteiger partial charge in [0.1, 0.15) is 10.6 Å². The Kier molecular flexibility index (Phi) is 5.63. The van der Waals surface area contributed by atoms with Gasteiger partial charge in [-0.1, -0.05) is 79.4 Å². The second-order valence-corrected chi connectivity index (χ2v) is 10.4. The van der Waals surface area contributed by atoms with Crippen LogP contribution in [0.25, 0.3) is 6.08 Å². The summed E-state index contributed by atoms with van der Waals surface area (Å²) in [6, 6.07) is 31.2. The average Bonchev–Trinajstić information content (AvgIpc) is 2.65. The zero-order valence-corrected chi connectivity index (χ0v) is 15.7.